The molecule has 1 aliphatic carbocycles. The number of ether oxygens (including phenoxy) is 4. The number of phenols is 1. The third kappa shape index (κ3) is 5.21. The fourth-order valence-electron chi connectivity index (χ4n) is 5.18. The molecule has 2 aromatic rings. The molecule has 0 amide bonds. The SMILES string of the molecule is COc1cc([C@H]2C(C(=O)OCC(C)C)=C(C)NC3=C2C(=O)C[C@H](c2ccc(OC)c(OC)c2)C3)ccc1O. The second-order valence-corrected chi connectivity index (χ2v) is 10.1. The van der Waals surface area contributed by atoms with E-state index < -0.39 is 11.9 Å². The van der Waals surface area contributed by atoms with Gasteiger partial charge in [0, 0.05) is 29.3 Å². The molecule has 0 fully saturated rings. The Balaban J connectivity index is 1.78. The predicted molar refractivity (Wildman–Crippen MR) is 143 cm³/mol. The zero-order chi connectivity index (χ0) is 27.6. The number of hydrogen-bond donors (Lipinski definition) is 2. The number of allylic oxidation sites excluding steroid dienone is 3. The molecule has 0 spiro atoms. The van der Waals surface area contributed by atoms with E-state index in [2.05, 4.69) is 5.32 Å². The van der Waals surface area contributed by atoms with Gasteiger partial charge in [0.05, 0.1) is 33.5 Å². The summed E-state index contributed by atoms with van der Waals surface area (Å²) < 4.78 is 21.8. The van der Waals surface area contributed by atoms with Gasteiger partial charge in [-0.15, -0.1) is 0 Å². The van der Waals surface area contributed by atoms with Crippen molar-refractivity contribution in [1.29, 1.82) is 0 Å². The van der Waals surface area contributed by atoms with Crippen molar-refractivity contribution in [2.24, 2.45) is 5.92 Å². The molecule has 0 saturated carbocycles. The molecule has 4 rings (SSSR count). The highest BCUT2D eigenvalue weighted by Crippen LogP contribution is 2.47. The first-order valence-electron chi connectivity index (χ1n) is 12.7. The molecule has 0 unspecified atom stereocenters. The van der Waals surface area contributed by atoms with Crippen molar-refractivity contribution in [2.45, 2.75) is 45.4 Å². The van der Waals surface area contributed by atoms with E-state index in [-0.39, 0.29) is 42.1 Å². The number of carbonyl (C=O) groups excluding carboxylic acids is 2. The number of nitrogens with one attached hydrogen (secondary N) is 1. The molecule has 0 radical (unpaired) electrons. The van der Waals surface area contributed by atoms with Crippen molar-refractivity contribution in [1.82, 2.24) is 5.32 Å². The number of hydrogen-bond acceptors (Lipinski definition) is 8. The molecule has 0 aromatic heterocycles. The van der Waals surface area contributed by atoms with Crippen LogP contribution in [0.2, 0.25) is 0 Å². The van der Waals surface area contributed by atoms with Crippen molar-refractivity contribution >= 4 is 11.8 Å². The molecule has 0 saturated heterocycles. The van der Waals surface area contributed by atoms with Crippen LogP contribution in [-0.4, -0.2) is 44.8 Å². The molecule has 2 aromatic carbocycles. The monoisotopic (exact) mass is 521 g/mol. The first-order chi connectivity index (χ1) is 18.2. The summed E-state index contributed by atoms with van der Waals surface area (Å²) in [4.78, 5) is 27.2. The van der Waals surface area contributed by atoms with Crippen LogP contribution in [0.15, 0.2) is 58.9 Å². The van der Waals surface area contributed by atoms with Crippen LogP contribution in [0.5, 0.6) is 23.0 Å². The van der Waals surface area contributed by atoms with E-state index in [9.17, 15) is 14.7 Å². The first kappa shape index (κ1) is 27.1. The van der Waals surface area contributed by atoms with Gasteiger partial charge in [0.15, 0.2) is 28.8 Å². The number of methoxy groups -OCH3 is 3. The summed E-state index contributed by atoms with van der Waals surface area (Å²) in [5.74, 6) is 0.379. The van der Waals surface area contributed by atoms with Crippen molar-refractivity contribution in [3.05, 3.63) is 70.1 Å². The lowest BCUT2D eigenvalue weighted by molar-refractivity contribution is -0.140. The van der Waals surface area contributed by atoms with E-state index in [1.807, 2.05) is 39.0 Å². The van der Waals surface area contributed by atoms with Gasteiger partial charge < -0.3 is 29.4 Å². The van der Waals surface area contributed by atoms with E-state index in [1.54, 1.807) is 26.4 Å². The maximum Gasteiger partial charge on any atom is 0.336 e. The van der Waals surface area contributed by atoms with Gasteiger partial charge in [-0.05, 0) is 60.6 Å². The second kappa shape index (κ2) is 11.2. The lowest BCUT2D eigenvalue weighted by atomic mass is 9.71. The van der Waals surface area contributed by atoms with Gasteiger partial charge in [0.1, 0.15) is 0 Å². The molecule has 0 bridgehead atoms. The molecule has 2 atom stereocenters. The minimum absolute atomic E-state index is 0.0208. The zero-order valence-corrected chi connectivity index (χ0v) is 22.7. The first-order valence-corrected chi connectivity index (χ1v) is 12.7. The van der Waals surface area contributed by atoms with Gasteiger partial charge in [-0.25, -0.2) is 4.79 Å². The quantitative estimate of drug-likeness (QED) is 0.469. The molecule has 2 N–H and O–H groups in total. The Morgan fingerprint density at radius 3 is 2.29 bits per heavy atom. The summed E-state index contributed by atoms with van der Waals surface area (Å²) in [7, 11) is 4.63. The van der Waals surface area contributed by atoms with Crippen LogP contribution in [0.25, 0.3) is 0 Å². The molecule has 1 aliphatic heterocycles. The Kier molecular flexibility index (Phi) is 7.99. The number of ketones is 1. The van der Waals surface area contributed by atoms with Crippen molar-refractivity contribution < 1.29 is 33.6 Å². The average Bonchev–Trinajstić information content (AvgIpc) is 2.90. The molecule has 2 aliphatic rings. The van der Waals surface area contributed by atoms with Crippen LogP contribution in [0.3, 0.4) is 0 Å². The molecule has 202 valence electrons. The van der Waals surface area contributed by atoms with Crippen LogP contribution in [0.1, 0.15) is 56.6 Å². The molecular weight excluding hydrogens is 486 g/mol. The molecule has 8 heteroatoms. The van der Waals surface area contributed by atoms with E-state index in [0.29, 0.717) is 40.3 Å². The predicted octanol–water partition coefficient (Wildman–Crippen LogP) is 4.98. The number of Topliss-reactive ketones (excluding diaryl/α,β-unsaturated/α-hetero) is 1. The Morgan fingerprint density at radius 1 is 0.974 bits per heavy atom. The zero-order valence-electron chi connectivity index (χ0n) is 22.7. The highest BCUT2D eigenvalue weighted by molar-refractivity contribution is 6.04. The topological polar surface area (TPSA) is 103 Å². The largest absolute Gasteiger partial charge is 0.504 e. The summed E-state index contributed by atoms with van der Waals surface area (Å²) in [5.41, 5.74) is 3.97. The van der Waals surface area contributed by atoms with Gasteiger partial charge in [0.2, 0.25) is 0 Å². The second-order valence-electron chi connectivity index (χ2n) is 10.1. The third-order valence-electron chi connectivity index (χ3n) is 7.01. The van der Waals surface area contributed by atoms with Crippen molar-refractivity contribution in [3.8, 4) is 23.0 Å². The van der Waals surface area contributed by atoms with Crippen molar-refractivity contribution in [2.75, 3.05) is 27.9 Å². The average molecular weight is 522 g/mol. The highest BCUT2D eigenvalue weighted by Gasteiger charge is 2.41. The summed E-state index contributed by atoms with van der Waals surface area (Å²) >= 11 is 0. The highest BCUT2D eigenvalue weighted by atomic mass is 16.5. The maximum atomic E-state index is 13.8. The fraction of sp³-hybridized carbons (Fsp3) is 0.400. The van der Waals surface area contributed by atoms with Gasteiger partial charge in [-0.2, -0.15) is 0 Å². The fourth-order valence-corrected chi connectivity index (χ4v) is 5.18. The van der Waals surface area contributed by atoms with Gasteiger partial charge in [0.25, 0.3) is 0 Å². The maximum absolute atomic E-state index is 13.8. The Bertz CT molecular complexity index is 1310. The van der Waals surface area contributed by atoms with Gasteiger partial charge in [-0.3, -0.25) is 4.79 Å². The van der Waals surface area contributed by atoms with Crippen LogP contribution in [-0.2, 0) is 14.3 Å². The van der Waals surface area contributed by atoms with Gasteiger partial charge >= 0.3 is 5.97 Å². The van der Waals surface area contributed by atoms with E-state index in [1.165, 1.54) is 13.2 Å². The summed E-state index contributed by atoms with van der Waals surface area (Å²) in [6, 6.07) is 10.6. The number of benzene rings is 2. The number of aromatic hydroxyl groups is 1. The minimum atomic E-state index is -0.653. The Morgan fingerprint density at radius 2 is 1.63 bits per heavy atom. The summed E-state index contributed by atoms with van der Waals surface area (Å²) in [6.07, 6.45) is 0.850. The molecule has 38 heavy (non-hydrogen) atoms. The lowest BCUT2D eigenvalue weighted by Gasteiger charge is -2.37. The molecular formula is C30H35NO7. The Hall–Kier alpha value is -3.94. The minimum Gasteiger partial charge on any atom is -0.504 e. The van der Waals surface area contributed by atoms with Crippen LogP contribution < -0.4 is 19.5 Å². The molecule has 1 heterocycles. The number of dihydropyridines is 1. The van der Waals surface area contributed by atoms with Crippen LogP contribution in [0.4, 0.5) is 0 Å². The number of carbonyl (C=O) groups is 2. The van der Waals surface area contributed by atoms with Crippen LogP contribution >= 0.6 is 0 Å². The lowest BCUT2D eigenvalue weighted by Crippen LogP contribution is -2.36. The molecule has 8 nitrogen and oxygen atoms in total. The number of esters is 1. The normalized spacial score (nSPS) is 19.2. The smallest absolute Gasteiger partial charge is 0.336 e. The van der Waals surface area contributed by atoms with Gasteiger partial charge in [-0.1, -0.05) is 26.0 Å². The van der Waals surface area contributed by atoms with E-state index in [0.717, 1.165) is 11.3 Å². The number of rotatable bonds is 8. The summed E-state index contributed by atoms with van der Waals surface area (Å²) in [5, 5.41) is 13.6. The van der Waals surface area contributed by atoms with Crippen molar-refractivity contribution in [3.63, 3.8) is 0 Å². The van der Waals surface area contributed by atoms with E-state index >= 15 is 0 Å². The Labute approximate surface area is 223 Å². The summed E-state index contributed by atoms with van der Waals surface area (Å²) in [6.45, 7) is 6.03. The van der Waals surface area contributed by atoms with E-state index in [4.69, 9.17) is 18.9 Å². The standard InChI is InChI=1S/C30H35NO7/c1-16(2)15-38-30(34)27-17(3)31-21-11-20(18-8-10-24(35-4)26(13-18)37-6)12-23(33)29(21)28(27)19-7-9-22(32)25(14-19)36-5/h7-10,13-14,16,20,28,31-32H,11-12,15H2,1-6H3/t20-,28+/m1/s1. The third-order valence-corrected chi connectivity index (χ3v) is 7.01. The van der Waals surface area contributed by atoms with Crippen LogP contribution in [0, 0.1) is 5.92 Å². The number of phenolic OH excluding ortho intramolecular Hbond substituents is 1.